The van der Waals surface area contributed by atoms with Crippen molar-refractivity contribution in [3.63, 3.8) is 0 Å². The molecule has 0 amide bonds. The van der Waals surface area contributed by atoms with E-state index >= 15 is 0 Å². The van der Waals surface area contributed by atoms with Crippen LogP contribution in [0.1, 0.15) is 12.8 Å². The lowest BCUT2D eigenvalue weighted by Crippen LogP contribution is -2.40. The Morgan fingerprint density at radius 1 is 1.75 bits per heavy atom. The molecule has 1 heterocycles. The molecule has 1 fully saturated rings. The van der Waals surface area contributed by atoms with Crippen LogP contribution in [0.25, 0.3) is 0 Å². The van der Waals surface area contributed by atoms with Gasteiger partial charge in [0.1, 0.15) is 0 Å². The Balaban J connectivity index is 2.13. The first-order valence-corrected chi connectivity index (χ1v) is 4.49. The molecule has 1 aliphatic rings. The molecule has 0 aliphatic carbocycles. The highest BCUT2D eigenvalue weighted by Gasteiger charge is 2.11. The lowest BCUT2D eigenvalue weighted by Gasteiger charge is -2.22. The highest BCUT2D eigenvalue weighted by atomic mass is 15.1. The molecule has 1 saturated heterocycles. The van der Waals surface area contributed by atoms with Crippen molar-refractivity contribution in [3.8, 4) is 0 Å². The predicted octanol–water partition coefficient (Wildman–Crippen LogP) is -0.480. The fourth-order valence-electron chi connectivity index (χ4n) is 1.43. The van der Waals surface area contributed by atoms with Gasteiger partial charge in [0.25, 0.3) is 0 Å². The normalized spacial score (nSPS) is 25.4. The first-order chi connectivity index (χ1) is 5.83. The molecule has 1 unspecified atom stereocenters. The van der Waals surface area contributed by atoms with Gasteiger partial charge < -0.3 is 16.4 Å². The standard InChI is InChI=1S/C8H18N4/c1-10-8(9)12-6-7-3-2-4-11-5-7/h7,11H,2-6H2,1H3,(H3,9,10,12). The average Bonchev–Trinajstić information content (AvgIpc) is 2.16. The molecule has 4 heteroatoms. The third kappa shape index (κ3) is 3.09. The highest BCUT2D eigenvalue weighted by molar-refractivity contribution is 5.77. The van der Waals surface area contributed by atoms with Gasteiger partial charge in [0.05, 0.1) is 0 Å². The smallest absolute Gasteiger partial charge is 0.188 e. The van der Waals surface area contributed by atoms with Gasteiger partial charge in [-0.2, -0.15) is 0 Å². The maximum absolute atomic E-state index is 5.51. The molecule has 1 rings (SSSR count). The highest BCUT2D eigenvalue weighted by Crippen LogP contribution is 2.07. The molecule has 0 aromatic heterocycles. The zero-order chi connectivity index (χ0) is 8.81. The van der Waals surface area contributed by atoms with Gasteiger partial charge >= 0.3 is 0 Å². The molecule has 0 aromatic carbocycles. The lowest BCUT2D eigenvalue weighted by atomic mass is 10.00. The predicted molar refractivity (Wildman–Crippen MR) is 51.1 cm³/mol. The number of aliphatic imine (C=N–C) groups is 1. The number of hydrogen-bond acceptors (Lipinski definition) is 2. The van der Waals surface area contributed by atoms with Crippen molar-refractivity contribution in [3.05, 3.63) is 0 Å². The quantitative estimate of drug-likeness (QED) is 0.387. The van der Waals surface area contributed by atoms with Gasteiger partial charge in [0.2, 0.25) is 0 Å². The van der Waals surface area contributed by atoms with Crippen molar-refractivity contribution in [2.75, 3.05) is 26.7 Å². The molecule has 1 atom stereocenters. The number of hydrogen-bond donors (Lipinski definition) is 3. The summed E-state index contributed by atoms with van der Waals surface area (Å²) in [6.07, 6.45) is 2.56. The largest absolute Gasteiger partial charge is 0.370 e. The minimum Gasteiger partial charge on any atom is -0.370 e. The van der Waals surface area contributed by atoms with Crippen LogP contribution in [0.4, 0.5) is 0 Å². The van der Waals surface area contributed by atoms with E-state index < -0.39 is 0 Å². The van der Waals surface area contributed by atoms with E-state index in [1.54, 1.807) is 7.05 Å². The molecule has 0 radical (unpaired) electrons. The number of nitrogens with one attached hydrogen (secondary N) is 2. The minimum atomic E-state index is 0.542. The van der Waals surface area contributed by atoms with E-state index in [0.29, 0.717) is 11.9 Å². The Kier molecular flexibility index (Phi) is 3.87. The molecule has 0 bridgehead atoms. The summed E-state index contributed by atoms with van der Waals surface area (Å²) in [6, 6.07) is 0. The van der Waals surface area contributed by atoms with Gasteiger partial charge in [-0.05, 0) is 31.8 Å². The molecule has 70 valence electrons. The van der Waals surface area contributed by atoms with Crippen LogP contribution in [0.15, 0.2) is 4.99 Å². The van der Waals surface area contributed by atoms with Crippen molar-refractivity contribution in [2.45, 2.75) is 12.8 Å². The molecule has 1 aliphatic heterocycles. The summed E-state index contributed by atoms with van der Waals surface area (Å²) in [5.41, 5.74) is 5.51. The summed E-state index contributed by atoms with van der Waals surface area (Å²) in [4.78, 5) is 3.84. The zero-order valence-electron chi connectivity index (χ0n) is 7.64. The molecule has 0 saturated carbocycles. The molecule has 4 N–H and O–H groups in total. The summed E-state index contributed by atoms with van der Waals surface area (Å²) >= 11 is 0. The second-order valence-corrected chi connectivity index (χ2v) is 3.20. The molecule has 12 heavy (non-hydrogen) atoms. The molecular weight excluding hydrogens is 152 g/mol. The van der Waals surface area contributed by atoms with Crippen LogP contribution >= 0.6 is 0 Å². The Bertz CT molecular complexity index is 149. The Morgan fingerprint density at radius 2 is 2.58 bits per heavy atom. The van der Waals surface area contributed by atoms with E-state index in [9.17, 15) is 0 Å². The van der Waals surface area contributed by atoms with Gasteiger partial charge in [-0.3, -0.25) is 4.99 Å². The van der Waals surface area contributed by atoms with Crippen molar-refractivity contribution in [2.24, 2.45) is 16.6 Å². The van der Waals surface area contributed by atoms with E-state index in [1.165, 1.54) is 12.8 Å². The summed E-state index contributed by atoms with van der Waals surface area (Å²) in [7, 11) is 1.70. The van der Waals surface area contributed by atoms with Crippen molar-refractivity contribution in [1.82, 2.24) is 10.6 Å². The van der Waals surface area contributed by atoms with Crippen LogP contribution in [0.3, 0.4) is 0 Å². The second kappa shape index (κ2) is 4.98. The lowest BCUT2D eigenvalue weighted by molar-refractivity contribution is 0.375. The number of guanidine groups is 1. The van der Waals surface area contributed by atoms with Gasteiger partial charge in [-0.1, -0.05) is 0 Å². The first-order valence-electron chi connectivity index (χ1n) is 4.49. The Labute approximate surface area is 73.6 Å². The van der Waals surface area contributed by atoms with Crippen LogP contribution in [0.2, 0.25) is 0 Å². The van der Waals surface area contributed by atoms with Crippen LogP contribution in [-0.2, 0) is 0 Å². The van der Waals surface area contributed by atoms with Gasteiger partial charge in [0.15, 0.2) is 5.96 Å². The molecular formula is C8H18N4. The fraction of sp³-hybridized carbons (Fsp3) is 0.875. The number of piperidine rings is 1. The number of rotatable bonds is 2. The maximum Gasteiger partial charge on any atom is 0.188 e. The van der Waals surface area contributed by atoms with Gasteiger partial charge in [-0.25, -0.2) is 0 Å². The van der Waals surface area contributed by atoms with Crippen LogP contribution in [0, 0.1) is 5.92 Å². The number of nitrogens with two attached hydrogens (primary N) is 1. The molecule has 4 nitrogen and oxygen atoms in total. The van der Waals surface area contributed by atoms with Crippen LogP contribution in [-0.4, -0.2) is 32.6 Å². The van der Waals surface area contributed by atoms with E-state index in [1.807, 2.05) is 0 Å². The van der Waals surface area contributed by atoms with Crippen molar-refractivity contribution >= 4 is 5.96 Å². The van der Waals surface area contributed by atoms with E-state index in [-0.39, 0.29) is 0 Å². The van der Waals surface area contributed by atoms with E-state index in [4.69, 9.17) is 5.73 Å². The van der Waals surface area contributed by atoms with Gasteiger partial charge in [-0.15, -0.1) is 0 Å². The van der Waals surface area contributed by atoms with Crippen LogP contribution in [0.5, 0.6) is 0 Å². The zero-order valence-corrected chi connectivity index (χ0v) is 7.64. The Morgan fingerprint density at radius 3 is 3.17 bits per heavy atom. The van der Waals surface area contributed by atoms with E-state index in [2.05, 4.69) is 15.6 Å². The minimum absolute atomic E-state index is 0.542. The average molecular weight is 170 g/mol. The van der Waals surface area contributed by atoms with Crippen LogP contribution < -0.4 is 16.4 Å². The monoisotopic (exact) mass is 170 g/mol. The summed E-state index contributed by atoms with van der Waals surface area (Å²) in [5.74, 6) is 1.25. The van der Waals surface area contributed by atoms with E-state index in [0.717, 1.165) is 19.6 Å². The topological polar surface area (TPSA) is 62.4 Å². The third-order valence-corrected chi connectivity index (χ3v) is 2.21. The summed E-state index contributed by atoms with van der Waals surface area (Å²) < 4.78 is 0. The number of nitrogens with zero attached hydrogens (tertiary/aromatic N) is 1. The SMILES string of the molecule is CN=C(N)NCC1CCCNC1. The first kappa shape index (κ1) is 9.32. The Hall–Kier alpha value is -0.770. The maximum atomic E-state index is 5.51. The third-order valence-electron chi connectivity index (χ3n) is 2.21. The summed E-state index contributed by atoms with van der Waals surface area (Å²) in [5, 5.41) is 6.45. The molecule has 0 aromatic rings. The van der Waals surface area contributed by atoms with Gasteiger partial charge in [0, 0.05) is 13.6 Å². The summed E-state index contributed by atoms with van der Waals surface area (Å²) in [6.45, 7) is 3.20. The van der Waals surface area contributed by atoms with Crippen molar-refractivity contribution < 1.29 is 0 Å². The fourth-order valence-corrected chi connectivity index (χ4v) is 1.43. The van der Waals surface area contributed by atoms with Crippen molar-refractivity contribution in [1.29, 1.82) is 0 Å². The molecule has 0 spiro atoms. The second-order valence-electron chi connectivity index (χ2n) is 3.20.